The maximum absolute atomic E-state index is 11.4. The zero-order valence-electron chi connectivity index (χ0n) is 11.0. The molecule has 1 aromatic carbocycles. The molecule has 1 rings (SSSR count). The fourth-order valence-corrected chi connectivity index (χ4v) is 1.44. The Morgan fingerprint density at radius 1 is 1.42 bits per heavy atom. The molecule has 6 heteroatoms. The van der Waals surface area contributed by atoms with Crippen molar-refractivity contribution >= 4 is 17.6 Å². The molecular weight excluding hydrogens is 248 g/mol. The van der Waals surface area contributed by atoms with E-state index in [9.17, 15) is 9.59 Å². The highest BCUT2D eigenvalue weighted by Crippen LogP contribution is 2.22. The lowest BCUT2D eigenvalue weighted by Crippen LogP contribution is -2.31. The normalized spacial score (nSPS) is 10.3. The molecule has 0 saturated heterocycles. The predicted molar refractivity (Wildman–Crippen MR) is 71.2 cm³/mol. The van der Waals surface area contributed by atoms with Crippen molar-refractivity contribution in [3.63, 3.8) is 0 Å². The van der Waals surface area contributed by atoms with Crippen molar-refractivity contribution in [1.82, 2.24) is 5.32 Å². The molecule has 6 nitrogen and oxygen atoms in total. The van der Waals surface area contributed by atoms with Gasteiger partial charge in [0.25, 0.3) is 0 Å². The molecule has 1 amide bonds. The SMILES string of the molecule is CC(C)NC(=O)CCOc1cc(C(=O)O)ccc1N. The highest BCUT2D eigenvalue weighted by molar-refractivity contribution is 5.89. The van der Waals surface area contributed by atoms with Crippen molar-refractivity contribution in [2.24, 2.45) is 0 Å². The predicted octanol–water partition coefficient (Wildman–Crippen LogP) is 1.26. The molecule has 0 radical (unpaired) electrons. The van der Waals surface area contributed by atoms with Crippen molar-refractivity contribution in [2.75, 3.05) is 12.3 Å². The number of nitrogen functional groups attached to an aromatic ring is 1. The van der Waals surface area contributed by atoms with Crippen LogP contribution >= 0.6 is 0 Å². The van der Waals surface area contributed by atoms with Crippen LogP contribution in [0.15, 0.2) is 18.2 Å². The topological polar surface area (TPSA) is 102 Å². The molecule has 0 aliphatic rings. The Morgan fingerprint density at radius 2 is 2.11 bits per heavy atom. The van der Waals surface area contributed by atoms with Crippen molar-refractivity contribution in [3.8, 4) is 5.75 Å². The van der Waals surface area contributed by atoms with Gasteiger partial charge in [-0.1, -0.05) is 0 Å². The van der Waals surface area contributed by atoms with Gasteiger partial charge in [-0.15, -0.1) is 0 Å². The Balaban J connectivity index is 2.55. The third kappa shape index (κ3) is 4.87. The number of rotatable bonds is 6. The first-order valence-electron chi connectivity index (χ1n) is 5.95. The molecule has 0 fully saturated rings. The number of carboxylic acid groups (broad SMARTS) is 1. The van der Waals surface area contributed by atoms with Crippen LogP contribution in [0.2, 0.25) is 0 Å². The minimum atomic E-state index is -1.05. The molecule has 0 unspecified atom stereocenters. The summed E-state index contributed by atoms with van der Waals surface area (Å²) in [6, 6.07) is 4.29. The van der Waals surface area contributed by atoms with Crippen LogP contribution < -0.4 is 15.8 Å². The number of carbonyl (C=O) groups excluding carboxylic acids is 1. The summed E-state index contributed by atoms with van der Waals surface area (Å²) in [6.45, 7) is 3.88. The fourth-order valence-electron chi connectivity index (χ4n) is 1.44. The summed E-state index contributed by atoms with van der Waals surface area (Å²) in [7, 11) is 0. The van der Waals surface area contributed by atoms with Gasteiger partial charge in [0.1, 0.15) is 5.75 Å². The van der Waals surface area contributed by atoms with E-state index in [4.69, 9.17) is 15.6 Å². The number of carboxylic acids is 1. The lowest BCUT2D eigenvalue weighted by molar-refractivity contribution is -0.122. The number of carbonyl (C=O) groups is 2. The second-order valence-corrected chi connectivity index (χ2v) is 4.38. The van der Waals surface area contributed by atoms with Crippen molar-refractivity contribution in [1.29, 1.82) is 0 Å². The van der Waals surface area contributed by atoms with Gasteiger partial charge in [-0.25, -0.2) is 4.79 Å². The smallest absolute Gasteiger partial charge is 0.335 e. The Morgan fingerprint density at radius 3 is 2.68 bits per heavy atom. The van der Waals surface area contributed by atoms with E-state index in [0.29, 0.717) is 5.69 Å². The standard InChI is InChI=1S/C13H18N2O4/c1-8(2)15-12(16)5-6-19-11-7-9(13(17)18)3-4-10(11)14/h3-4,7-8H,5-6,14H2,1-2H3,(H,15,16)(H,17,18). The van der Waals surface area contributed by atoms with Crippen LogP contribution in [0.25, 0.3) is 0 Å². The third-order valence-electron chi connectivity index (χ3n) is 2.30. The molecule has 0 bridgehead atoms. The van der Waals surface area contributed by atoms with Gasteiger partial charge < -0.3 is 20.9 Å². The van der Waals surface area contributed by atoms with E-state index in [1.54, 1.807) is 0 Å². The molecule has 0 aromatic heterocycles. The minimum absolute atomic E-state index is 0.0768. The van der Waals surface area contributed by atoms with Gasteiger partial charge in [0, 0.05) is 6.04 Å². The monoisotopic (exact) mass is 266 g/mol. The van der Waals surface area contributed by atoms with Gasteiger partial charge in [0.05, 0.1) is 24.3 Å². The van der Waals surface area contributed by atoms with E-state index in [2.05, 4.69) is 5.32 Å². The Labute approximate surface area is 111 Å². The number of anilines is 1. The van der Waals surface area contributed by atoms with Gasteiger partial charge in [-0.3, -0.25) is 4.79 Å². The zero-order valence-corrected chi connectivity index (χ0v) is 11.0. The first-order valence-corrected chi connectivity index (χ1v) is 5.95. The highest BCUT2D eigenvalue weighted by atomic mass is 16.5. The van der Waals surface area contributed by atoms with Gasteiger partial charge in [0.2, 0.25) is 5.91 Å². The minimum Gasteiger partial charge on any atom is -0.491 e. The van der Waals surface area contributed by atoms with E-state index in [-0.39, 0.29) is 36.3 Å². The van der Waals surface area contributed by atoms with Gasteiger partial charge in [0.15, 0.2) is 0 Å². The van der Waals surface area contributed by atoms with Crippen LogP contribution in [0.4, 0.5) is 5.69 Å². The molecule has 4 N–H and O–H groups in total. The maximum atomic E-state index is 11.4. The summed E-state index contributed by atoms with van der Waals surface area (Å²) in [4.78, 5) is 22.2. The first kappa shape index (κ1) is 14.8. The second-order valence-electron chi connectivity index (χ2n) is 4.38. The average Bonchev–Trinajstić information content (AvgIpc) is 2.30. The third-order valence-corrected chi connectivity index (χ3v) is 2.30. The number of nitrogens with two attached hydrogens (primary N) is 1. The first-order chi connectivity index (χ1) is 8.90. The summed E-state index contributed by atoms with van der Waals surface area (Å²) in [5.41, 5.74) is 6.10. The molecule has 19 heavy (non-hydrogen) atoms. The number of hydrogen-bond donors (Lipinski definition) is 3. The van der Waals surface area contributed by atoms with E-state index < -0.39 is 5.97 Å². The number of nitrogens with one attached hydrogen (secondary N) is 1. The lowest BCUT2D eigenvalue weighted by atomic mass is 10.2. The second kappa shape index (κ2) is 6.63. The summed E-state index contributed by atoms with van der Waals surface area (Å²) in [6.07, 6.45) is 0.189. The van der Waals surface area contributed by atoms with E-state index in [1.165, 1.54) is 18.2 Å². The van der Waals surface area contributed by atoms with Crippen LogP contribution in [0.3, 0.4) is 0 Å². The van der Waals surface area contributed by atoms with Crippen molar-refractivity contribution < 1.29 is 19.4 Å². The number of benzene rings is 1. The van der Waals surface area contributed by atoms with E-state index >= 15 is 0 Å². The van der Waals surface area contributed by atoms with Crippen LogP contribution in [0.1, 0.15) is 30.6 Å². The lowest BCUT2D eigenvalue weighted by Gasteiger charge is -2.11. The van der Waals surface area contributed by atoms with E-state index in [0.717, 1.165) is 0 Å². The van der Waals surface area contributed by atoms with Gasteiger partial charge >= 0.3 is 5.97 Å². The Bertz CT molecular complexity index is 472. The van der Waals surface area contributed by atoms with Gasteiger partial charge in [-0.05, 0) is 32.0 Å². The largest absolute Gasteiger partial charge is 0.491 e. The fraction of sp³-hybridized carbons (Fsp3) is 0.385. The van der Waals surface area contributed by atoms with Crippen LogP contribution in [0, 0.1) is 0 Å². The number of ether oxygens (including phenoxy) is 1. The molecule has 104 valence electrons. The summed E-state index contributed by atoms with van der Waals surface area (Å²) >= 11 is 0. The Hall–Kier alpha value is -2.24. The summed E-state index contributed by atoms with van der Waals surface area (Å²) in [5, 5.41) is 11.6. The number of amides is 1. The van der Waals surface area contributed by atoms with Gasteiger partial charge in [-0.2, -0.15) is 0 Å². The molecule has 0 saturated carbocycles. The van der Waals surface area contributed by atoms with Crippen LogP contribution in [-0.4, -0.2) is 29.6 Å². The Kier molecular flexibility index (Phi) is 5.17. The van der Waals surface area contributed by atoms with Crippen molar-refractivity contribution in [3.05, 3.63) is 23.8 Å². The molecule has 1 aromatic rings. The summed E-state index contributed by atoms with van der Waals surface area (Å²) in [5.74, 6) is -0.900. The van der Waals surface area contributed by atoms with E-state index in [1.807, 2.05) is 13.8 Å². The van der Waals surface area contributed by atoms with Crippen LogP contribution in [0.5, 0.6) is 5.75 Å². The average molecular weight is 266 g/mol. The quantitative estimate of drug-likeness (QED) is 0.673. The molecule has 0 heterocycles. The van der Waals surface area contributed by atoms with Crippen molar-refractivity contribution in [2.45, 2.75) is 26.3 Å². The molecular formula is C13H18N2O4. The summed E-state index contributed by atoms with van der Waals surface area (Å²) < 4.78 is 5.33. The number of hydrogen-bond acceptors (Lipinski definition) is 4. The number of aromatic carboxylic acids is 1. The molecule has 0 aliphatic heterocycles. The highest BCUT2D eigenvalue weighted by Gasteiger charge is 2.09. The molecule has 0 aliphatic carbocycles. The molecule has 0 spiro atoms. The zero-order chi connectivity index (χ0) is 14.4. The molecule has 0 atom stereocenters. The van der Waals surface area contributed by atoms with Crippen LogP contribution in [-0.2, 0) is 4.79 Å². The maximum Gasteiger partial charge on any atom is 0.335 e.